The molecule has 112 valence electrons. The average molecular weight is 278 g/mol. The molecule has 0 amide bonds. The first-order valence-electron chi connectivity index (χ1n) is 7.58. The standard InChI is InChI=1S/C15H26N4O/c1-5-10(4)17-14-12(16)15(20-8-9(2)3)19-13(18-14)11-6-7-11/h9-11H,5-8,16H2,1-4H3,(H,17,18,19). The Kier molecular flexibility index (Phi) is 4.68. The van der Waals surface area contributed by atoms with E-state index in [1.54, 1.807) is 0 Å². The molecule has 1 heterocycles. The monoisotopic (exact) mass is 278 g/mol. The number of aromatic nitrogens is 2. The van der Waals surface area contributed by atoms with Crippen molar-refractivity contribution in [2.24, 2.45) is 5.92 Å². The van der Waals surface area contributed by atoms with Crippen LogP contribution < -0.4 is 15.8 Å². The van der Waals surface area contributed by atoms with Crippen molar-refractivity contribution < 1.29 is 4.74 Å². The molecule has 1 fully saturated rings. The number of hydrogen-bond acceptors (Lipinski definition) is 5. The highest BCUT2D eigenvalue weighted by Crippen LogP contribution is 2.40. The smallest absolute Gasteiger partial charge is 0.242 e. The van der Waals surface area contributed by atoms with Crippen molar-refractivity contribution >= 4 is 11.5 Å². The fourth-order valence-electron chi connectivity index (χ4n) is 1.79. The van der Waals surface area contributed by atoms with Crippen molar-refractivity contribution in [2.75, 3.05) is 17.7 Å². The van der Waals surface area contributed by atoms with Gasteiger partial charge < -0.3 is 15.8 Å². The van der Waals surface area contributed by atoms with Crippen molar-refractivity contribution in [3.05, 3.63) is 5.82 Å². The molecule has 1 aromatic heterocycles. The van der Waals surface area contributed by atoms with Gasteiger partial charge in [0.2, 0.25) is 5.88 Å². The summed E-state index contributed by atoms with van der Waals surface area (Å²) in [6.07, 6.45) is 3.34. The van der Waals surface area contributed by atoms with Crippen LogP contribution in [0.4, 0.5) is 11.5 Å². The highest BCUT2D eigenvalue weighted by atomic mass is 16.5. The van der Waals surface area contributed by atoms with E-state index in [4.69, 9.17) is 10.5 Å². The van der Waals surface area contributed by atoms with Crippen LogP contribution in [0.2, 0.25) is 0 Å². The molecular formula is C15H26N4O. The van der Waals surface area contributed by atoms with Gasteiger partial charge in [-0.2, -0.15) is 4.98 Å². The van der Waals surface area contributed by atoms with E-state index in [1.807, 2.05) is 0 Å². The molecule has 0 saturated heterocycles. The van der Waals surface area contributed by atoms with Gasteiger partial charge in [-0.25, -0.2) is 4.98 Å². The number of nitrogens with two attached hydrogens (primary N) is 1. The Morgan fingerprint density at radius 3 is 2.55 bits per heavy atom. The predicted octanol–water partition coefficient (Wildman–Crippen LogP) is 3.18. The highest BCUT2D eigenvalue weighted by Gasteiger charge is 2.29. The van der Waals surface area contributed by atoms with E-state index in [-0.39, 0.29) is 0 Å². The molecule has 0 aromatic carbocycles. The van der Waals surface area contributed by atoms with Gasteiger partial charge in [0.1, 0.15) is 11.5 Å². The van der Waals surface area contributed by atoms with Crippen molar-refractivity contribution in [3.63, 3.8) is 0 Å². The lowest BCUT2D eigenvalue weighted by Gasteiger charge is -2.17. The molecule has 1 unspecified atom stereocenters. The molecule has 20 heavy (non-hydrogen) atoms. The van der Waals surface area contributed by atoms with Gasteiger partial charge >= 0.3 is 0 Å². The van der Waals surface area contributed by atoms with Crippen molar-refractivity contribution in [1.82, 2.24) is 9.97 Å². The molecule has 2 rings (SSSR count). The first-order chi connectivity index (χ1) is 9.51. The van der Waals surface area contributed by atoms with Crippen molar-refractivity contribution in [3.8, 4) is 5.88 Å². The zero-order valence-corrected chi connectivity index (χ0v) is 12.9. The van der Waals surface area contributed by atoms with Crippen LogP contribution in [-0.4, -0.2) is 22.6 Å². The molecule has 1 atom stereocenters. The minimum atomic E-state index is 0.331. The van der Waals surface area contributed by atoms with E-state index < -0.39 is 0 Å². The molecule has 0 radical (unpaired) electrons. The topological polar surface area (TPSA) is 73.1 Å². The van der Waals surface area contributed by atoms with E-state index in [0.717, 1.165) is 30.9 Å². The second-order valence-corrected chi connectivity index (χ2v) is 6.08. The third kappa shape index (κ3) is 3.74. The van der Waals surface area contributed by atoms with Crippen LogP contribution in [0, 0.1) is 5.92 Å². The summed E-state index contributed by atoms with van der Waals surface area (Å²) < 4.78 is 5.76. The summed E-state index contributed by atoms with van der Waals surface area (Å²) in [7, 11) is 0. The van der Waals surface area contributed by atoms with Crippen molar-refractivity contribution in [1.29, 1.82) is 0 Å². The highest BCUT2D eigenvalue weighted by molar-refractivity contribution is 5.67. The zero-order chi connectivity index (χ0) is 14.7. The normalized spacial score (nSPS) is 16.2. The van der Waals surface area contributed by atoms with Crippen LogP contribution in [0.3, 0.4) is 0 Å². The molecule has 5 nitrogen and oxygen atoms in total. The van der Waals surface area contributed by atoms with Crippen LogP contribution in [0.1, 0.15) is 58.7 Å². The van der Waals surface area contributed by atoms with E-state index in [9.17, 15) is 0 Å². The van der Waals surface area contributed by atoms with Gasteiger partial charge in [0.25, 0.3) is 0 Å². The summed E-state index contributed by atoms with van der Waals surface area (Å²) >= 11 is 0. The first-order valence-corrected chi connectivity index (χ1v) is 7.58. The maximum atomic E-state index is 6.15. The Morgan fingerprint density at radius 2 is 2.00 bits per heavy atom. The van der Waals surface area contributed by atoms with Gasteiger partial charge in [0, 0.05) is 12.0 Å². The number of nitrogens with zero attached hydrogens (tertiary/aromatic N) is 2. The molecule has 1 aliphatic carbocycles. The van der Waals surface area contributed by atoms with E-state index in [0.29, 0.717) is 36.1 Å². The number of nitrogens with one attached hydrogen (secondary N) is 1. The van der Waals surface area contributed by atoms with Crippen LogP contribution in [0.25, 0.3) is 0 Å². The minimum absolute atomic E-state index is 0.331. The van der Waals surface area contributed by atoms with E-state index >= 15 is 0 Å². The summed E-state index contributed by atoms with van der Waals surface area (Å²) in [5, 5.41) is 3.35. The number of rotatable bonds is 7. The third-order valence-electron chi connectivity index (χ3n) is 3.42. The fourth-order valence-corrected chi connectivity index (χ4v) is 1.79. The predicted molar refractivity (Wildman–Crippen MR) is 82.1 cm³/mol. The van der Waals surface area contributed by atoms with Gasteiger partial charge in [0.15, 0.2) is 5.82 Å². The lowest BCUT2D eigenvalue weighted by atomic mass is 10.2. The second kappa shape index (κ2) is 6.29. The molecule has 0 aliphatic heterocycles. The quantitative estimate of drug-likeness (QED) is 0.801. The minimum Gasteiger partial charge on any atom is -0.476 e. The van der Waals surface area contributed by atoms with Crippen LogP contribution >= 0.6 is 0 Å². The first kappa shape index (κ1) is 14.9. The van der Waals surface area contributed by atoms with Gasteiger partial charge in [-0.1, -0.05) is 20.8 Å². The van der Waals surface area contributed by atoms with Crippen LogP contribution in [0.5, 0.6) is 5.88 Å². The average Bonchev–Trinajstić information content (AvgIpc) is 3.23. The second-order valence-electron chi connectivity index (χ2n) is 6.08. The lowest BCUT2D eigenvalue weighted by Crippen LogP contribution is -2.18. The SMILES string of the molecule is CCC(C)Nc1nc(C2CC2)nc(OCC(C)C)c1N. The summed E-state index contributed by atoms with van der Waals surface area (Å²) in [5.74, 6) is 3.04. The molecule has 0 spiro atoms. The summed E-state index contributed by atoms with van der Waals surface area (Å²) in [6, 6.07) is 0.331. The number of nitrogen functional groups attached to an aromatic ring is 1. The maximum absolute atomic E-state index is 6.15. The largest absolute Gasteiger partial charge is 0.476 e. The Balaban J connectivity index is 2.24. The van der Waals surface area contributed by atoms with Gasteiger partial charge in [-0.05, 0) is 32.1 Å². The lowest BCUT2D eigenvalue weighted by molar-refractivity contribution is 0.262. The number of hydrogen-bond donors (Lipinski definition) is 2. The number of ether oxygens (including phenoxy) is 1. The molecule has 3 N–H and O–H groups in total. The summed E-state index contributed by atoms with van der Waals surface area (Å²) in [6.45, 7) is 9.09. The van der Waals surface area contributed by atoms with Crippen LogP contribution in [0.15, 0.2) is 0 Å². The van der Waals surface area contributed by atoms with Crippen molar-refractivity contribution in [2.45, 2.75) is 58.9 Å². The molecule has 1 aliphatic rings. The Hall–Kier alpha value is -1.52. The fraction of sp³-hybridized carbons (Fsp3) is 0.733. The number of anilines is 2. The molecule has 0 bridgehead atoms. The third-order valence-corrected chi connectivity index (χ3v) is 3.42. The van der Waals surface area contributed by atoms with Gasteiger partial charge in [-0.15, -0.1) is 0 Å². The molecule has 5 heteroatoms. The Labute approximate surface area is 121 Å². The summed E-state index contributed by atoms with van der Waals surface area (Å²) in [5.41, 5.74) is 6.67. The molecular weight excluding hydrogens is 252 g/mol. The zero-order valence-electron chi connectivity index (χ0n) is 12.9. The Bertz CT molecular complexity index is 457. The molecule has 1 saturated carbocycles. The Morgan fingerprint density at radius 1 is 1.30 bits per heavy atom. The van der Waals surface area contributed by atoms with E-state index in [2.05, 4.69) is 43.0 Å². The summed E-state index contributed by atoms with van der Waals surface area (Å²) in [4.78, 5) is 9.08. The molecule has 1 aromatic rings. The van der Waals surface area contributed by atoms with Gasteiger partial charge in [-0.3, -0.25) is 0 Å². The van der Waals surface area contributed by atoms with Crippen LogP contribution in [-0.2, 0) is 0 Å². The maximum Gasteiger partial charge on any atom is 0.242 e. The van der Waals surface area contributed by atoms with E-state index in [1.165, 1.54) is 0 Å². The van der Waals surface area contributed by atoms with Gasteiger partial charge in [0.05, 0.1) is 6.61 Å².